The van der Waals surface area contributed by atoms with Crippen LogP contribution in [0, 0.1) is 31.1 Å². The first-order valence-electron chi connectivity index (χ1n) is 12.4. The highest BCUT2D eigenvalue weighted by Gasteiger charge is 2.30. The van der Waals surface area contributed by atoms with Gasteiger partial charge in [0.2, 0.25) is 11.8 Å². The maximum Gasteiger partial charge on any atom is 0.239 e. The number of hydrogen-bond donors (Lipinski definition) is 1. The van der Waals surface area contributed by atoms with Gasteiger partial charge in [-0.3, -0.25) is 14.5 Å². The number of aromatic nitrogens is 1. The van der Waals surface area contributed by atoms with Crippen molar-refractivity contribution < 1.29 is 14.0 Å². The first kappa shape index (κ1) is 24.1. The molecule has 8 heteroatoms. The predicted molar refractivity (Wildman–Crippen MR) is 129 cm³/mol. The highest BCUT2D eigenvalue weighted by atomic mass is 16.3. The van der Waals surface area contributed by atoms with Gasteiger partial charge in [-0.05, 0) is 70.3 Å². The van der Waals surface area contributed by atoms with E-state index in [0.29, 0.717) is 23.8 Å². The molecule has 2 fully saturated rings. The Morgan fingerprint density at radius 1 is 1.12 bits per heavy atom. The monoisotopic (exact) mass is 465 g/mol. The van der Waals surface area contributed by atoms with Gasteiger partial charge in [-0.25, -0.2) is 0 Å². The molecule has 2 aromatic rings. The van der Waals surface area contributed by atoms with Crippen LogP contribution in [0.2, 0.25) is 0 Å². The lowest BCUT2D eigenvalue weighted by Gasteiger charge is -2.33. The standard InChI is InChI=1S/C26H35N5O3/c1-19-20(2)31(17-22-8-7-15-34-22)25(23(19)16-27)28-24(32)18-29-13-9-21(10-14-29)26(33)30-11-5-3-4-6-12-30/h7-8,15,21H,3-6,9-14,17-18H2,1-2H3,(H,28,32). The second-order valence-corrected chi connectivity index (χ2v) is 9.55. The van der Waals surface area contributed by atoms with Crippen LogP contribution in [0.25, 0.3) is 0 Å². The van der Waals surface area contributed by atoms with Gasteiger partial charge in [0.1, 0.15) is 17.6 Å². The number of anilines is 1. The number of nitrogens with zero attached hydrogens (tertiary/aromatic N) is 4. The van der Waals surface area contributed by atoms with Crippen LogP contribution in [-0.4, -0.2) is 58.9 Å². The summed E-state index contributed by atoms with van der Waals surface area (Å²) in [6.07, 6.45) is 7.85. The molecule has 0 spiro atoms. The number of amides is 2. The predicted octanol–water partition coefficient (Wildman–Crippen LogP) is 3.67. The largest absolute Gasteiger partial charge is 0.467 e. The molecule has 4 heterocycles. The minimum absolute atomic E-state index is 0.0680. The Balaban J connectivity index is 1.35. The van der Waals surface area contributed by atoms with E-state index < -0.39 is 0 Å². The van der Waals surface area contributed by atoms with E-state index in [1.165, 1.54) is 12.8 Å². The van der Waals surface area contributed by atoms with Crippen molar-refractivity contribution in [1.29, 1.82) is 5.26 Å². The highest BCUT2D eigenvalue weighted by Crippen LogP contribution is 2.28. The van der Waals surface area contributed by atoms with Gasteiger partial charge < -0.3 is 19.2 Å². The second-order valence-electron chi connectivity index (χ2n) is 9.55. The van der Waals surface area contributed by atoms with Crippen LogP contribution in [0.4, 0.5) is 5.82 Å². The molecule has 182 valence electrons. The Morgan fingerprint density at radius 2 is 1.82 bits per heavy atom. The number of carbonyl (C=O) groups is 2. The smallest absolute Gasteiger partial charge is 0.239 e. The average Bonchev–Trinajstić information content (AvgIpc) is 3.30. The van der Waals surface area contributed by atoms with Crippen molar-refractivity contribution in [3.63, 3.8) is 0 Å². The lowest BCUT2D eigenvalue weighted by molar-refractivity contribution is -0.137. The number of nitrogens with one attached hydrogen (secondary N) is 1. The average molecular weight is 466 g/mol. The summed E-state index contributed by atoms with van der Waals surface area (Å²) in [7, 11) is 0. The molecule has 1 N–H and O–H groups in total. The molecule has 0 bridgehead atoms. The number of carbonyl (C=O) groups excluding carboxylic acids is 2. The van der Waals surface area contributed by atoms with Crippen molar-refractivity contribution >= 4 is 17.6 Å². The summed E-state index contributed by atoms with van der Waals surface area (Å²) in [5.41, 5.74) is 2.27. The first-order chi connectivity index (χ1) is 16.5. The van der Waals surface area contributed by atoms with Gasteiger partial charge in [-0.15, -0.1) is 0 Å². The maximum absolute atomic E-state index is 13.0. The summed E-state index contributed by atoms with van der Waals surface area (Å²) in [5.74, 6) is 1.50. The fraction of sp³-hybridized carbons (Fsp3) is 0.577. The zero-order valence-corrected chi connectivity index (χ0v) is 20.3. The summed E-state index contributed by atoms with van der Waals surface area (Å²) >= 11 is 0. The van der Waals surface area contributed by atoms with Gasteiger partial charge >= 0.3 is 0 Å². The quantitative estimate of drug-likeness (QED) is 0.702. The molecule has 0 atom stereocenters. The fourth-order valence-corrected chi connectivity index (χ4v) is 5.15. The minimum atomic E-state index is -0.146. The summed E-state index contributed by atoms with van der Waals surface area (Å²) in [6, 6.07) is 5.95. The van der Waals surface area contributed by atoms with Gasteiger partial charge in [0.05, 0.1) is 24.9 Å². The van der Waals surface area contributed by atoms with Crippen LogP contribution in [0.1, 0.15) is 61.1 Å². The van der Waals surface area contributed by atoms with E-state index in [4.69, 9.17) is 4.42 Å². The van der Waals surface area contributed by atoms with Gasteiger partial charge in [0, 0.05) is 24.7 Å². The summed E-state index contributed by atoms with van der Waals surface area (Å²) < 4.78 is 7.41. The van der Waals surface area contributed by atoms with E-state index in [9.17, 15) is 14.9 Å². The zero-order chi connectivity index (χ0) is 24.1. The third-order valence-corrected chi connectivity index (χ3v) is 7.31. The fourth-order valence-electron chi connectivity index (χ4n) is 5.15. The Kier molecular flexibility index (Phi) is 7.73. The third kappa shape index (κ3) is 5.36. The van der Waals surface area contributed by atoms with Crippen LogP contribution in [0.15, 0.2) is 22.8 Å². The third-order valence-electron chi connectivity index (χ3n) is 7.31. The van der Waals surface area contributed by atoms with E-state index in [1.807, 2.05) is 30.5 Å². The highest BCUT2D eigenvalue weighted by molar-refractivity contribution is 5.93. The molecular weight excluding hydrogens is 430 g/mol. The number of furan rings is 1. The van der Waals surface area contributed by atoms with Gasteiger partial charge in [-0.1, -0.05) is 12.8 Å². The maximum atomic E-state index is 13.0. The number of nitriles is 1. The minimum Gasteiger partial charge on any atom is -0.467 e. The van der Waals surface area contributed by atoms with Gasteiger partial charge in [0.25, 0.3) is 0 Å². The first-order valence-corrected chi connectivity index (χ1v) is 12.4. The van der Waals surface area contributed by atoms with Crippen molar-refractivity contribution in [2.45, 2.75) is 58.9 Å². The van der Waals surface area contributed by atoms with Crippen LogP contribution in [-0.2, 0) is 16.1 Å². The number of likely N-dealkylation sites (tertiary alicyclic amines) is 2. The molecule has 0 saturated carbocycles. The molecule has 34 heavy (non-hydrogen) atoms. The molecule has 2 amide bonds. The van der Waals surface area contributed by atoms with E-state index in [0.717, 1.165) is 68.9 Å². The van der Waals surface area contributed by atoms with Crippen molar-refractivity contribution in [2.75, 3.05) is 38.0 Å². The molecule has 0 aliphatic carbocycles. The van der Waals surface area contributed by atoms with Crippen molar-refractivity contribution in [3.05, 3.63) is 41.0 Å². The van der Waals surface area contributed by atoms with E-state index in [-0.39, 0.29) is 18.4 Å². The molecule has 0 radical (unpaired) electrons. The number of piperidine rings is 1. The molecule has 2 aliphatic rings. The molecule has 0 unspecified atom stereocenters. The van der Waals surface area contributed by atoms with Crippen molar-refractivity contribution in [3.8, 4) is 6.07 Å². The lowest BCUT2D eigenvalue weighted by atomic mass is 9.95. The Bertz CT molecular complexity index is 1030. The normalized spacial score (nSPS) is 17.9. The molecule has 2 saturated heterocycles. The zero-order valence-electron chi connectivity index (χ0n) is 20.3. The van der Waals surface area contributed by atoms with Crippen LogP contribution in [0.5, 0.6) is 0 Å². The van der Waals surface area contributed by atoms with Crippen LogP contribution < -0.4 is 5.32 Å². The van der Waals surface area contributed by atoms with E-state index in [2.05, 4.69) is 21.2 Å². The Hall–Kier alpha value is -3.05. The summed E-state index contributed by atoms with van der Waals surface area (Å²) in [4.78, 5) is 30.0. The van der Waals surface area contributed by atoms with Crippen LogP contribution >= 0.6 is 0 Å². The summed E-state index contributed by atoms with van der Waals surface area (Å²) in [6.45, 7) is 7.77. The Morgan fingerprint density at radius 3 is 2.44 bits per heavy atom. The van der Waals surface area contributed by atoms with Gasteiger partial charge in [-0.2, -0.15) is 5.26 Å². The second kappa shape index (κ2) is 10.9. The van der Waals surface area contributed by atoms with Crippen molar-refractivity contribution in [1.82, 2.24) is 14.4 Å². The Labute approximate surface area is 201 Å². The SMILES string of the molecule is Cc1c(C#N)c(NC(=O)CN2CCC(C(=O)N3CCCCCC3)CC2)n(Cc2ccco2)c1C. The molecule has 0 aromatic carbocycles. The molecular formula is C26H35N5O3. The molecule has 2 aliphatic heterocycles. The topological polar surface area (TPSA) is 94.5 Å². The van der Waals surface area contributed by atoms with E-state index >= 15 is 0 Å². The number of rotatable bonds is 6. The molecule has 2 aromatic heterocycles. The number of hydrogen-bond acceptors (Lipinski definition) is 5. The summed E-state index contributed by atoms with van der Waals surface area (Å²) in [5, 5.41) is 12.7. The van der Waals surface area contributed by atoms with Gasteiger partial charge in [0.15, 0.2) is 0 Å². The van der Waals surface area contributed by atoms with E-state index in [1.54, 1.807) is 6.26 Å². The lowest BCUT2D eigenvalue weighted by Crippen LogP contribution is -2.44. The molecule has 8 nitrogen and oxygen atoms in total. The van der Waals surface area contributed by atoms with Crippen LogP contribution in [0.3, 0.4) is 0 Å². The molecule has 4 rings (SSSR count). The van der Waals surface area contributed by atoms with Crippen molar-refractivity contribution in [2.24, 2.45) is 5.92 Å².